The van der Waals surface area contributed by atoms with Crippen LogP contribution >= 0.6 is 0 Å². The van der Waals surface area contributed by atoms with Gasteiger partial charge in [-0.3, -0.25) is 0 Å². The van der Waals surface area contributed by atoms with Gasteiger partial charge in [-0.2, -0.15) is 4.98 Å². The molecule has 1 aliphatic carbocycles. The number of nitrogen functional groups attached to an aromatic ring is 1. The van der Waals surface area contributed by atoms with E-state index in [0.29, 0.717) is 5.95 Å². The highest BCUT2D eigenvalue weighted by Gasteiger charge is 2.37. The van der Waals surface area contributed by atoms with Crippen LogP contribution < -0.4 is 16.0 Å². The number of aromatic nitrogens is 2. The van der Waals surface area contributed by atoms with Crippen LogP contribution in [0.5, 0.6) is 0 Å². The molecular weight excluding hydrogens is 298 g/mol. The van der Waals surface area contributed by atoms with Crippen molar-refractivity contribution in [1.82, 2.24) is 15.3 Å². The Labute approximate surface area is 146 Å². The zero-order valence-electron chi connectivity index (χ0n) is 15.6. The molecule has 0 saturated carbocycles. The van der Waals surface area contributed by atoms with Gasteiger partial charge in [-0.05, 0) is 31.6 Å². The Morgan fingerprint density at radius 1 is 1.21 bits per heavy atom. The second-order valence-corrected chi connectivity index (χ2v) is 7.77. The molecule has 0 bridgehead atoms. The second kappa shape index (κ2) is 7.26. The first-order valence-electron chi connectivity index (χ1n) is 9.70. The Morgan fingerprint density at radius 3 is 2.58 bits per heavy atom. The largest absolute Gasteiger partial charge is 0.368 e. The molecule has 3 rings (SSSR count). The quantitative estimate of drug-likeness (QED) is 0.868. The van der Waals surface area contributed by atoms with E-state index in [1.54, 1.807) is 0 Å². The van der Waals surface area contributed by atoms with Crippen molar-refractivity contribution in [2.45, 2.75) is 64.7 Å². The normalized spacial score (nSPS) is 24.2. The monoisotopic (exact) mass is 331 g/mol. The van der Waals surface area contributed by atoms with E-state index in [4.69, 9.17) is 10.7 Å². The number of hydrogen-bond donors (Lipinski definition) is 2. The minimum atomic E-state index is 0.143. The van der Waals surface area contributed by atoms with Crippen LogP contribution in [-0.4, -0.2) is 36.1 Å². The molecule has 0 spiro atoms. The van der Waals surface area contributed by atoms with Gasteiger partial charge in [0.2, 0.25) is 5.95 Å². The highest BCUT2D eigenvalue weighted by molar-refractivity contribution is 5.55. The summed E-state index contributed by atoms with van der Waals surface area (Å²) in [6.07, 6.45) is 7.24. The van der Waals surface area contributed by atoms with Crippen LogP contribution in [0, 0.1) is 5.92 Å². The van der Waals surface area contributed by atoms with Gasteiger partial charge in [0.05, 0.1) is 5.69 Å². The van der Waals surface area contributed by atoms with Crippen molar-refractivity contribution in [3.63, 3.8) is 0 Å². The van der Waals surface area contributed by atoms with Crippen molar-refractivity contribution >= 4 is 11.8 Å². The Hall–Kier alpha value is -1.36. The molecule has 1 atom stereocenters. The predicted molar refractivity (Wildman–Crippen MR) is 101 cm³/mol. The molecular formula is C19H33N5. The third kappa shape index (κ3) is 3.37. The number of piperazine rings is 1. The van der Waals surface area contributed by atoms with E-state index < -0.39 is 0 Å². The summed E-state index contributed by atoms with van der Waals surface area (Å²) in [5, 5.41) is 3.42. The first-order chi connectivity index (χ1) is 11.6. The molecule has 0 aromatic carbocycles. The molecule has 3 N–H and O–H groups in total. The van der Waals surface area contributed by atoms with Crippen molar-refractivity contribution in [3.8, 4) is 0 Å². The van der Waals surface area contributed by atoms with Gasteiger partial charge < -0.3 is 16.0 Å². The Kier molecular flexibility index (Phi) is 5.28. The number of hydrogen-bond acceptors (Lipinski definition) is 5. The lowest BCUT2D eigenvalue weighted by molar-refractivity contribution is 0.280. The maximum Gasteiger partial charge on any atom is 0.222 e. The number of rotatable bonds is 5. The maximum atomic E-state index is 6.14. The first kappa shape index (κ1) is 17.5. The molecule has 1 fully saturated rings. The van der Waals surface area contributed by atoms with Crippen LogP contribution in [0.3, 0.4) is 0 Å². The first-order valence-corrected chi connectivity index (χ1v) is 9.70. The van der Waals surface area contributed by atoms with Gasteiger partial charge in [-0.1, -0.05) is 33.6 Å². The summed E-state index contributed by atoms with van der Waals surface area (Å²) >= 11 is 0. The lowest BCUT2D eigenvalue weighted by Gasteiger charge is -2.39. The smallest absolute Gasteiger partial charge is 0.222 e. The van der Waals surface area contributed by atoms with Crippen LogP contribution in [0.25, 0.3) is 0 Å². The van der Waals surface area contributed by atoms with E-state index in [9.17, 15) is 0 Å². The van der Waals surface area contributed by atoms with E-state index in [0.717, 1.165) is 44.3 Å². The van der Waals surface area contributed by atoms with Crippen LogP contribution in [-0.2, 0) is 11.8 Å². The molecule has 1 saturated heterocycles. The van der Waals surface area contributed by atoms with Crippen molar-refractivity contribution in [3.05, 3.63) is 11.3 Å². The molecule has 24 heavy (non-hydrogen) atoms. The third-order valence-corrected chi connectivity index (χ3v) is 6.04. The maximum absolute atomic E-state index is 6.14. The summed E-state index contributed by atoms with van der Waals surface area (Å²) in [5.41, 5.74) is 8.89. The summed E-state index contributed by atoms with van der Waals surface area (Å²) in [6, 6.07) is 0. The Bertz CT molecular complexity index is 563. The molecule has 1 aliphatic heterocycles. The highest BCUT2D eigenvalue weighted by atomic mass is 15.2. The summed E-state index contributed by atoms with van der Waals surface area (Å²) < 4.78 is 0. The van der Waals surface area contributed by atoms with Crippen LogP contribution in [0.2, 0.25) is 0 Å². The Balaban J connectivity index is 1.99. The average molecular weight is 332 g/mol. The van der Waals surface area contributed by atoms with Crippen molar-refractivity contribution in [2.24, 2.45) is 5.92 Å². The molecule has 134 valence electrons. The van der Waals surface area contributed by atoms with Gasteiger partial charge in [-0.15, -0.1) is 0 Å². The average Bonchev–Trinajstić information content (AvgIpc) is 2.61. The fourth-order valence-corrected chi connectivity index (χ4v) is 4.54. The topological polar surface area (TPSA) is 67.1 Å². The van der Waals surface area contributed by atoms with E-state index in [2.05, 4.69) is 36.0 Å². The van der Waals surface area contributed by atoms with Crippen LogP contribution in [0.1, 0.15) is 64.1 Å². The van der Waals surface area contributed by atoms with Gasteiger partial charge in [-0.25, -0.2) is 4.98 Å². The predicted octanol–water partition coefficient (Wildman–Crippen LogP) is 2.89. The molecule has 0 radical (unpaired) electrons. The van der Waals surface area contributed by atoms with Gasteiger partial charge in [0.1, 0.15) is 5.82 Å². The minimum absolute atomic E-state index is 0.143. The van der Waals surface area contributed by atoms with Crippen LogP contribution in [0.4, 0.5) is 11.8 Å². The van der Waals surface area contributed by atoms with E-state index >= 15 is 0 Å². The number of fused-ring (bicyclic) bond motifs is 1. The number of nitrogens with one attached hydrogen (secondary N) is 1. The fourth-order valence-electron chi connectivity index (χ4n) is 4.54. The minimum Gasteiger partial charge on any atom is -0.368 e. The van der Waals surface area contributed by atoms with Gasteiger partial charge in [0.25, 0.3) is 0 Å². The van der Waals surface area contributed by atoms with Gasteiger partial charge in [0, 0.05) is 37.2 Å². The van der Waals surface area contributed by atoms with Crippen molar-refractivity contribution in [2.75, 3.05) is 36.8 Å². The van der Waals surface area contributed by atoms with E-state index in [1.807, 2.05) is 0 Å². The van der Waals surface area contributed by atoms with E-state index in [1.165, 1.54) is 43.4 Å². The third-order valence-electron chi connectivity index (χ3n) is 6.04. The summed E-state index contributed by atoms with van der Waals surface area (Å²) in [5.74, 6) is 2.31. The van der Waals surface area contributed by atoms with Crippen LogP contribution in [0.15, 0.2) is 0 Å². The zero-order chi connectivity index (χ0) is 17.2. The molecule has 1 unspecified atom stereocenters. The SMILES string of the molecule is CCC(CC)CC1(C)CCCc2c(N3CCNCC3)nc(N)nc21. The number of nitrogens with zero attached hydrogens (tertiary/aromatic N) is 3. The van der Waals surface area contributed by atoms with Crippen molar-refractivity contribution in [1.29, 1.82) is 0 Å². The summed E-state index contributed by atoms with van der Waals surface area (Å²) in [7, 11) is 0. The zero-order valence-corrected chi connectivity index (χ0v) is 15.6. The number of anilines is 2. The molecule has 1 aromatic heterocycles. The summed E-state index contributed by atoms with van der Waals surface area (Å²) in [6.45, 7) is 11.1. The fraction of sp³-hybridized carbons (Fsp3) is 0.789. The molecule has 5 nitrogen and oxygen atoms in total. The molecule has 0 amide bonds. The van der Waals surface area contributed by atoms with Gasteiger partial charge >= 0.3 is 0 Å². The molecule has 2 heterocycles. The van der Waals surface area contributed by atoms with Crippen molar-refractivity contribution < 1.29 is 0 Å². The summed E-state index contributed by atoms with van der Waals surface area (Å²) in [4.78, 5) is 11.8. The lowest BCUT2D eigenvalue weighted by atomic mass is 9.68. The molecule has 5 heteroatoms. The number of nitrogens with two attached hydrogens (primary N) is 1. The second-order valence-electron chi connectivity index (χ2n) is 7.77. The standard InChI is InChI=1S/C19H33N5/c1-4-14(5-2)13-19(3)8-6-7-15-16(19)22-18(20)23-17(15)24-11-9-21-10-12-24/h14,21H,4-13H2,1-3H3,(H2,20,22,23). The Morgan fingerprint density at radius 2 is 1.92 bits per heavy atom. The van der Waals surface area contributed by atoms with E-state index in [-0.39, 0.29) is 5.41 Å². The molecule has 1 aromatic rings. The molecule has 2 aliphatic rings. The van der Waals surface area contributed by atoms with Gasteiger partial charge in [0.15, 0.2) is 0 Å². The lowest BCUT2D eigenvalue weighted by Crippen LogP contribution is -2.45. The highest BCUT2D eigenvalue weighted by Crippen LogP contribution is 2.44.